The normalized spacial score (nSPS) is 17.7. The molecule has 3 rings (SSSR count). The van der Waals surface area contributed by atoms with Crippen LogP contribution in [-0.2, 0) is 4.74 Å². The topological polar surface area (TPSA) is 76.6 Å². The fraction of sp³-hybridized carbons (Fsp3) is 0.421. The van der Waals surface area contributed by atoms with Crippen molar-refractivity contribution in [2.75, 3.05) is 25.1 Å². The average Bonchev–Trinajstić information content (AvgIpc) is 3.10. The van der Waals surface area contributed by atoms with E-state index in [-0.39, 0.29) is 12.1 Å². The Balaban J connectivity index is 1.56. The molecule has 1 N–H and O–H groups in total. The number of nitrogens with zero attached hydrogens (tertiary/aromatic N) is 3. The van der Waals surface area contributed by atoms with Gasteiger partial charge in [-0.05, 0) is 37.6 Å². The molecule has 26 heavy (non-hydrogen) atoms. The molecule has 2 aromatic rings. The van der Waals surface area contributed by atoms with Gasteiger partial charge in [0.2, 0.25) is 0 Å². The third-order valence-corrected chi connectivity index (χ3v) is 4.43. The van der Waals surface area contributed by atoms with Crippen molar-refractivity contribution in [2.45, 2.75) is 32.4 Å². The monoisotopic (exact) mass is 356 g/mol. The lowest BCUT2D eigenvalue weighted by Gasteiger charge is -2.18. The van der Waals surface area contributed by atoms with Gasteiger partial charge < -0.3 is 19.7 Å². The van der Waals surface area contributed by atoms with E-state index in [4.69, 9.17) is 4.74 Å². The molecule has 1 aliphatic rings. The van der Waals surface area contributed by atoms with Crippen LogP contribution in [0.3, 0.4) is 0 Å². The highest BCUT2D eigenvalue weighted by Gasteiger charge is 2.25. The number of nitrogens with one attached hydrogen (secondary N) is 1. The molecule has 138 valence electrons. The van der Waals surface area contributed by atoms with Crippen molar-refractivity contribution in [1.29, 1.82) is 0 Å². The van der Waals surface area contributed by atoms with E-state index < -0.39 is 6.09 Å². The van der Waals surface area contributed by atoms with Gasteiger partial charge in [-0.2, -0.15) is 0 Å². The van der Waals surface area contributed by atoms with Gasteiger partial charge in [-0.3, -0.25) is 0 Å². The second-order valence-corrected chi connectivity index (χ2v) is 6.36. The number of aryl methyl sites for hydroxylation is 1. The van der Waals surface area contributed by atoms with Crippen molar-refractivity contribution in [3.8, 4) is 5.75 Å². The predicted octanol–water partition coefficient (Wildman–Crippen LogP) is 2.86. The summed E-state index contributed by atoms with van der Waals surface area (Å²) in [6, 6.07) is 9.58. The lowest BCUT2D eigenvalue weighted by Crippen LogP contribution is -2.26. The Morgan fingerprint density at radius 3 is 2.77 bits per heavy atom. The summed E-state index contributed by atoms with van der Waals surface area (Å²) in [5.74, 6) is 2.54. The summed E-state index contributed by atoms with van der Waals surface area (Å²) < 4.78 is 10.7. The first kappa shape index (κ1) is 18.0. The maximum Gasteiger partial charge on any atom is 0.407 e. The molecule has 2 atom stereocenters. The maximum atomic E-state index is 11.3. The summed E-state index contributed by atoms with van der Waals surface area (Å²) in [6.07, 6.45) is 2.42. The number of hydrogen-bond donors (Lipinski definition) is 1. The Morgan fingerprint density at radius 1 is 1.31 bits per heavy atom. The summed E-state index contributed by atoms with van der Waals surface area (Å²) in [5.41, 5.74) is 0.993. The van der Waals surface area contributed by atoms with Crippen LogP contribution in [-0.4, -0.2) is 42.4 Å². The number of amides is 1. The third-order valence-electron chi connectivity index (χ3n) is 4.43. The van der Waals surface area contributed by atoms with Gasteiger partial charge in [-0.25, -0.2) is 14.8 Å². The SMILES string of the molecule is COC(=O)NC(C)c1ccc(OC2CCN(c3ccnc(C)n3)C2)cc1. The van der Waals surface area contributed by atoms with Gasteiger partial charge in [0.05, 0.1) is 19.7 Å². The molecule has 1 amide bonds. The summed E-state index contributed by atoms with van der Waals surface area (Å²) >= 11 is 0. The molecular formula is C19H24N4O3. The highest BCUT2D eigenvalue weighted by atomic mass is 16.5. The number of hydrogen-bond acceptors (Lipinski definition) is 6. The predicted molar refractivity (Wildman–Crippen MR) is 98.4 cm³/mol. The van der Waals surface area contributed by atoms with Crippen LogP contribution < -0.4 is 15.0 Å². The van der Waals surface area contributed by atoms with Crippen molar-refractivity contribution < 1.29 is 14.3 Å². The lowest BCUT2D eigenvalue weighted by molar-refractivity contribution is 0.167. The fourth-order valence-electron chi connectivity index (χ4n) is 3.00. The van der Waals surface area contributed by atoms with Crippen molar-refractivity contribution in [2.24, 2.45) is 0 Å². The van der Waals surface area contributed by atoms with Crippen molar-refractivity contribution in [1.82, 2.24) is 15.3 Å². The summed E-state index contributed by atoms with van der Waals surface area (Å²) in [6.45, 7) is 5.52. The molecule has 7 heteroatoms. The zero-order valence-electron chi connectivity index (χ0n) is 15.3. The Bertz CT molecular complexity index is 751. The number of rotatable bonds is 5. The van der Waals surface area contributed by atoms with E-state index >= 15 is 0 Å². The molecule has 2 unspecified atom stereocenters. The van der Waals surface area contributed by atoms with E-state index in [9.17, 15) is 4.79 Å². The summed E-state index contributed by atoms with van der Waals surface area (Å²) in [5, 5.41) is 2.75. The van der Waals surface area contributed by atoms with Crippen LogP contribution >= 0.6 is 0 Å². The number of ether oxygens (including phenoxy) is 2. The first-order chi connectivity index (χ1) is 12.5. The van der Waals surface area contributed by atoms with Crippen LogP contribution in [0.5, 0.6) is 5.75 Å². The van der Waals surface area contributed by atoms with Gasteiger partial charge in [-0.15, -0.1) is 0 Å². The quantitative estimate of drug-likeness (QED) is 0.888. The van der Waals surface area contributed by atoms with Crippen LogP contribution in [0.4, 0.5) is 10.6 Å². The first-order valence-corrected chi connectivity index (χ1v) is 8.71. The van der Waals surface area contributed by atoms with Gasteiger partial charge in [0, 0.05) is 19.2 Å². The highest BCUT2D eigenvalue weighted by molar-refractivity contribution is 5.67. The van der Waals surface area contributed by atoms with Crippen LogP contribution in [0.25, 0.3) is 0 Å². The minimum atomic E-state index is -0.441. The van der Waals surface area contributed by atoms with Crippen LogP contribution in [0.15, 0.2) is 36.5 Å². The molecule has 1 aromatic heterocycles. The number of alkyl carbamates (subject to hydrolysis) is 1. The van der Waals surface area contributed by atoms with Crippen LogP contribution in [0, 0.1) is 6.92 Å². The second-order valence-electron chi connectivity index (χ2n) is 6.36. The van der Waals surface area contributed by atoms with E-state index in [2.05, 4.69) is 24.9 Å². The van der Waals surface area contributed by atoms with Crippen molar-refractivity contribution in [3.63, 3.8) is 0 Å². The van der Waals surface area contributed by atoms with Gasteiger partial charge in [-0.1, -0.05) is 12.1 Å². The third kappa shape index (κ3) is 4.41. The summed E-state index contributed by atoms with van der Waals surface area (Å²) in [7, 11) is 1.35. The highest BCUT2D eigenvalue weighted by Crippen LogP contribution is 2.23. The Kier molecular flexibility index (Phi) is 5.55. The number of anilines is 1. The molecule has 0 radical (unpaired) electrons. The smallest absolute Gasteiger partial charge is 0.407 e. The van der Waals surface area contributed by atoms with E-state index in [1.165, 1.54) is 7.11 Å². The standard InChI is InChI=1S/C19H24N4O3/c1-13(21-19(24)25-3)15-4-6-16(7-5-15)26-17-9-11-23(12-17)18-8-10-20-14(2)22-18/h4-8,10,13,17H,9,11-12H2,1-3H3,(H,21,24). The van der Waals surface area contributed by atoms with E-state index in [1.807, 2.05) is 44.2 Å². The van der Waals surface area contributed by atoms with Gasteiger partial charge in [0.1, 0.15) is 23.5 Å². The minimum absolute atomic E-state index is 0.125. The van der Waals surface area contributed by atoms with Gasteiger partial charge in [0.15, 0.2) is 0 Å². The van der Waals surface area contributed by atoms with Gasteiger partial charge >= 0.3 is 6.09 Å². The molecule has 0 saturated carbocycles. The Hall–Kier alpha value is -2.83. The number of carbonyl (C=O) groups is 1. The van der Waals surface area contributed by atoms with E-state index in [1.54, 1.807) is 6.20 Å². The largest absolute Gasteiger partial charge is 0.489 e. The number of methoxy groups -OCH3 is 1. The fourth-order valence-corrected chi connectivity index (χ4v) is 3.00. The molecule has 0 spiro atoms. The second kappa shape index (κ2) is 8.03. The van der Waals surface area contributed by atoms with E-state index in [0.29, 0.717) is 0 Å². The number of aromatic nitrogens is 2. The van der Waals surface area contributed by atoms with Crippen LogP contribution in [0.1, 0.15) is 30.8 Å². The van der Waals surface area contributed by atoms with Crippen molar-refractivity contribution >= 4 is 11.9 Å². The molecular weight excluding hydrogens is 332 g/mol. The molecule has 2 heterocycles. The van der Waals surface area contributed by atoms with Crippen molar-refractivity contribution in [3.05, 3.63) is 47.9 Å². The number of benzene rings is 1. The Labute approximate surface area is 153 Å². The molecule has 1 fully saturated rings. The van der Waals surface area contributed by atoms with Crippen LogP contribution in [0.2, 0.25) is 0 Å². The molecule has 1 aromatic carbocycles. The average molecular weight is 356 g/mol. The zero-order valence-corrected chi connectivity index (χ0v) is 15.3. The first-order valence-electron chi connectivity index (χ1n) is 8.71. The number of carbonyl (C=O) groups excluding carboxylic acids is 1. The Morgan fingerprint density at radius 2 is 2.08 bits per heavy atom. The van der Waals surface area contributed by atoms with Gasteiger partial charge in [0.25, 0.3) is 0 Å². The molecule has 1 aliphatic heterocycles. The molecule has 1 saturated heterocycles. The zero-order chi connectivity index (χ0) is 18.5. The molecule has 0 aliphatic carbocycles. The summed E-state index contributed by atoms with van der Waals surface area (Å²) in [4.78, 5) is 22.1. The van der Waals surface area contributed by atoms with E-state index in [0.717, 1.165) is 42.5 Å². The molecule has 7 nitrogen and oxygen atoms in total. The molecule has 0 bridgehead atoms. The lowest BCUT2D eigenvalue weighted by atomic mass is 10.1. The maximum absolute atomic E-state index is 11.3. The minimum Gasteiger partial charge on any atom is -0.489 e.